The van der Waals surface area contributed by atoms with E-state index in [9.17, 15) is 22.1 Å². The standard InChI is InChI=1S/C34H39N2O9PS2/c1-23(2)33(35(47(38)39)29-15-7-25(8-16-29)27-11-19-31(42-5)20-12-27)44-46(37)45-34(24(3)4)36(48(40)41)30-17-9-26(10-18-30)28-13-21-32(43-6)22-14-28/h7-24,33-34H,1-6H3,(H-,38,39,40,41)/p+1. The van der Waals surface area contributed by atoms with Crippen molar-refractivity contribution in [1.29, 1.82) is 0 Å². The van der Waals surface area contributed by atoms with E-state index in [2.05, 4.69) is 0 Å². The van der Waals surface area contributed by atoms with Crippen molar-refractivity contribution in [2.45, 2.75) is 40.2 Å². The lowest BCUT2D eigenvalue weighted by Crippen LogP contribution is -2.43. The minimum atomic E-state index is -2.96. The second-order valence-corrected chi connectivity index (χ2v) is 13.9. The van der Waals surface area contributed by atoms with Crippen molar-refractivity contribution in [3.8, 4) is 33.8 Å². The number of nitrogens with zero attached hydrogens (tertiary/aromatic N) is 2. The topological polar surface area (TPSA) is 135 Å². The molecule has 14 heteroatoms. The van der Waals surface area contributed by atoms with Crippen LogP contribution in [-0.4, -0.2) is 44.2 Å². The third-order valence-corrected chi connectivity index (χ3v) is 9.70. The average Bonchev–Trinajstić information content (AvgIpc) is 3.08. The first-order valence-corrected chi connectivity index (χ1v) is 18.3. The number of anilines is 2. The summed E-state index contributed by atoms with van der Waals surface area (Å²) in [5, 5.41) is 0. The number of methoxy groups -OCH3 is 2. The first-order valence-electron chi connectivity index (χ1n) is 15.0. The second-order valence-electron chi connectivity index (χ2n) is 11.4. The van der Waals surface area contributed by atoms with Crippen LogP contribution < -0.4 is 18.1 Å². The summed E-state index contributed by atoms with van der Waals surface area (Å²) in [6.07, 6.45) is -2.31. The number of rotatable bonds is 16. The molecule has 0 aliphatic heterocycles. The maximum absolute atomic E-state index is 13.4. The molecule has 0 bridgehead atoms. The van der Waals surface area contributed by atoms with Crippen molar-refractivity contribution in [3.63, 3.8) is 0 Å². The lowest BCUT2D eigenvalue weighted by molar-refractivity contribution is 0.0969. The van der Waals surface area contributed by atoms with Gasteiger partial charge >= 0.3 is 8.25 Å². The molecule has 0 aliphatic rings. The van der Waals surface area contributed by atoms with E-state index in [0.717, 1.165) is 42.4 Å². The number of hydrogen-bond donors (Lipinski definition) is 2. The van der Waals surface area contributed by atoms with Crippen LogP contribution in [0, 0.1) is 11.8 Å². The van der Waals surface area contributed by atoms with Crippen LogP contribution >= 0.6 is 8.25 Å². The molecule has 0 saturated heterocycles. The molecular weight excluding hydrogens is 675 g/mol. The van der Waals surface area contributed by atoms with Crippen LogP contribution in [0.25, 0.3) is 22.3 Å². The number of hydrogen-bond acceptors (Lipinski definition) is 7. The van der Waals surface area contributed by atoms with E-state index in [4.69, 9.17) is 18.5 Å². The summed E-state index contributed by atoms with van der Waals surface area (Å²) in [7, 11) is 0.222. The van der Waals surface area contributed by atoms with E-state index in [1.54, 1.807) is 90.4 Å². The molecule has 0 amide bonds. The van der Waals surface area contributed by atoms with Gasteiger partial charge < -0.3 is 9.47 Å². The average molecular weight is 716 g/mol. The Hall–Kier alpha value is -3.68. The summed E-state index contributed by atoms with van der Waals surface area (Å²) in [5.74, 6) is 0.606. The highest BCUT2D eigenvalue weighted by atomic mass is 32.2. The molecule has 4 aromatic carbocycles. The van der Waals surface area contributed by atoms with Gasteiger partial charge in [-0.25, -0.2) is 17.0 Å². The van der Waals surface area contributed by atoms with Gasteiger partial charge in [0.2, 0.25) is 12.5 Å². The first-order chi connectivity index (χ1) is 22.9. The molecule has 0 spiro atoms. The molecule has 0 aromatic heterocycles. The maximum Gasteiger partial charge on any atom is 0.701 e. The van der Waals surface area contributed by atoms with Crippen LogP contribution in [0.1, 0.15) is 27.7 Å². The van der Waals surface area contributed by atoms with Crippen LogP contribution in [0.4, 0.5) is 11.4 Å². The summed E-state index contributed by atoms with van der Waals surface area (Å²) in [6.45, 7) is 7.00. The molecule has 0 saturated carbocycles. The Morgan fingerprint density at radius 3 is 1.04 bits per heavy atom. The van der Waals surface area contributed by atoms with Crippen molar-refractivity contribution < 1.29 is 40.6 Å². The number of ether oxygens (including phenoxy) is 2. The molecule has 4 aromatic rings. The van der Waals surface area contributed by atoms with Crippen LogP contribution in [0.5, 0.6) is 11.5 Å². The fourth-order valence-electron chi connectivity index (χ4n) is 4.89. The predicted molar refractivity (Wildman–Crippen MR) is 190 cm³/mol. The van der Waals surface area contributed by atoms with Crippen LogP contribution in [0.15, 0.2) is 97.1 Å². The Bertz CT molecular complexity index is 1560. The molecule has 256 valence electrons. The third kappa shape index (κ3) is 9.26. The van der Waals surface area contributed by atoms with E-state index in [0.29, 0.717) is 11.4 Å². The van der Waals surface area contributed by atoms with Crippen molar-refractivity contribution in [3.05, 3.63) is 97.1 Å². The zero-order valence-electron chi connectivity index (χ0n) is 27.5. The Kier molecular flexibility index (Phi) is 13.2. The van der Waals surface area contributed by atoms with Gasteiger partial charge in [-0.3, -0.25) is 9.11 Å². The van der Waals surface area contributed by atoms with Crippen LogP contribution in [0.3, 0.4) is 0 Å². The number of benzene rings is 4. The molecule has 0 radical (unpaired) electrons. The van der Waals surface area contributed by atoms with E-state index < -0.39 is 55.1 Å². The zero-order valence-corrected chi connectivity index (χ0v) is 30.0. The summed E-state index contributed by atoms with van der Waals surface area (Å²) >= 11 is -5.13. The molecule has 0 fully saturated rings. The summed E-state index contributed by atoms with van der Waals surface area (Å²) in [6, 6.07) is 28.9. The molecule has 0 heterocycles. The van der Waals surface area contributed by atoms with Gasteiger partial charge in [0.25, 0.3) is 22.5 Å². The molecule has 4 rings (SSSR count). The lowest BCUT2D eigenvalue weighted by Gasteiger charge is -2.30. The van der Waals surface area contributed by atoms with E-state index in [1.165, 1.54) is 0 Å². The molecular formula is C34H40N2O9PS2+. The van der Waals surface area contributed by atoms with Gasteiger partial charge in [0.05, 0.1) is 25.6 Å². The zero-order chi connectivity index (χ0) is 35.0. The van der Waals surface area contributed by atoms with Crippen molar-refractivity contribution >= 4 is 42.2 Å². The molecule has 48 heavy (non-hydrogen) atoms. The highest BCUT2D eigenvalue weighted by molar-refractivity contribution is 7.81. The fraction of sp³-hybridized carbons (Fsp3) is 0.294. The van der Waals surface area contributed by atoms with Gasteiger partial charge in [0.1, 0.15) is 11.5 Å². The predicted octanol–water partition coefficient (Wildman–Crippen LogP) is 8.28. The second kappa shape index (κ2) is 17.1. The third-order valence-electron chi connectivity index (χ3n) is 7.42. The van der Waals surface area contributed by atoms with Gasteiger partial charge in [-0.15, -0.1) is 0 Å². The van der Waals surface area contributed by atoms with Gasteiger partial charge in [0.15, 0.2) is 0 Å². The van der Waals surface area contributed by atoms with E-state index >= 15 is 0 Å². The SMILES string of the molecule is COc1ccc(-c2ccc(N(C(O[P+](=O)OC(C(C)C)N(c3ccc(-c4ccc(OC)cc4)cc3)S(=O)O)C(C)C)S(=O)O)cc2)cc1. The van der Waals surface area contributed by atoms with Crippen molar-refractivity contribution in [1.82, 2.24) is 0 Å². The summed E-state index contributed by atoms with van der Waals surface area (Å²) in [4.78, 5) is 0. The van der Waals surface area contributed by atoms with Crippen LogP contribution in [0.2, 0.25) is 0 Å². The maximum atomic E-state index is 13.4. The molecule has 4 unspecified atom stereocenters. The van der Waals surface area contributed by atoms with Gasteiger partial charge in [-0.1, -0.05) is 85.3 Å². The molecule has 4 atom stereocenters. The first kappa shape index (κ1) is 37.1. The molecule has 0 aliphatic carbocycles. The monoisotopic (exact) mass is 715 g/mol. The smallest absolute Gasteiger partial charge is 0.497 e. The quantitative estimate of drug-likeness (QED) is 0.0668. The Morgan fingerprint density at radius 1 is 0.542 bits per heavy atom. The Labute approximate surface area is 287 Å². The highest BCUT2D eigenvalue weighted by Crippen LogP contribution is 2.38. The molecule has 11 nitrogen and oxygen atoms in total. The van der Waals surface area contributed by atoms with Gasteiger partial charge in [-0.2, -0.15) is 0 Å². The summed E-state index contributed by atoms with van der Waals surface area (Å²) in [5.41, 5.74) is 4.29. The van der Waals surface area contributed by atoms with Gasteiger partial charge in [-0.05, 0) is 70.8 Å². The van der Waals surface area contributed by atoms with Crippen molar-refractivity contribution in [2.24, 2.45) is 11.8 Å². The minimum Gasteiger partial charge on any atom is -0.497 e. The van der Waals surface area contributed by atoms with Gasteiger partial charge in [0, 0.05) is 16.4 Å². The largest absolute Gasteiger partial charge is 0.701 e. The fourth-order valence-corrected chi connectivity index (χ4v) is 7.63. The minimum absolute atomic E-state index is 0.352. The van der Waals surface area contributed by atoms with E-state index in [1.807, 2.05) is 48.5 Å². The highest BCUT2D eigenvalue weighted by Gasteiger charge is 2.42. The molecule has 2 N–H and O–H groups in total. The Morgan fingerprint density at radius 2 is 0.812 bits per heavy atom. The van der Waals surface area contributed by atoms with E-state index in [-0.39, 0.29) is 0 Å². The van der Waals surface area contributed by atoms with Crippen LogP contribution in [-0.2, 0) is 36.1 Å². The summed E-state index contributed by atoms with van der Waals surface area (Å²) < 4.78 is 83.7. The normalized spacial score (nSPS) is 14.2. The lowest BCUT2D eigenvalue weighted by atomic mass is 10.1. The Balaban J connectivity index is 1.53. The van der Waals surface area contributed by atoms with Crippen molar-refractivity contribution in [2.75, 3.05) is 22.8 Å².